The fraction of sp³-hybridized carbons (Fsp3) is 0.714. The zero-order chi connectivity index (χ0) is 12.0. The SMILES string of the molecule is CN(/N=C\[C@H](O)[C@H](O)[C@H](O)CO)C(N)=S. The maximum atomic E-state index is 9.27. The van der Waals surface area contributed by atoms with E-state index in [2.05, 4.69) is 17.3 Å². The van der Waals surface area contributed by atoms with Crippen molar-refractivity contribution in [3.8, 4) is 0 Å². The summed E-state index contributed by atoms with van der Waals surface area (Å²) in [5.74, 6) is 0. The molecule has 0 amide bonds. The lowest BCUT2D eigenvalue weighted by atomic mass is 10.1. The Hall–Kier alpha value is -0.800. The number of rotatable bonds is 5. The van der Waals surface area contributed by atoms with E-state index in [0.717, 1.165) is 11.2 Å². The van der Waals surface area contributed by atoms with Crippen LogP contribution in [0.4, 0.5) is 0 Å². The van der Waals surface area contributed by atoms with Gasteiger partial charge < -0.3 is 26.2 Å². The van der Waals surface area contributed by atoms with Crippen LogP contribution >= 0.6 is 12.2 Å². The molecule has 0 aliphatic heterocycles. The van der Waals surface area contributed by atoms with E-state index in [-0.39, 0.29) is 5.11 Å². The van der Waals surface area contributed by atoms with Crippen LogP contribution in [0.3, 0.4) is 0 Å². The van der Waals surface area contributed by atoms with Crippen molar-refractivity contribution in [1.82, 2.24) is 5.01 Å². The molecule has 0 radical (unpaired) electrons. The van der Waals surface area contributed by atoms with Crippen LogP contribution < -0.4 is 5.73 Å². The van der Waals surface area contributed by atoms with Crippen LogP contribution in [-0.2, 0) is 0 Å². The van der Waals surface area contributed by atoms with Crippen LogP contribution in [0.1, 0.15) is 0 Å². The minimum Gasteiger partial charge on any atom is -0.394 e. The predicted octanol–water partition coefficient (Wildman–Crippen LogP) is -2.78. The Morgan fingerprint density at radius 1 is 1.53 bits per heavy atom. The Morgan fingerprint density at radius 3 is 2.47 bits per heavy atom. The molecule has 0 saturated carbocycles. The number of thiocarbonyl (C=S) groups is 1. The van der Waals surface area contributed by atoms with Gasteiger partial charge in [-0.25, -0.2) is 5.01 Å². The van der Waals surface area contributed by atoms with Gasteiger partial charge in [-0.1, -0.05) is 0 Å². The molecule has 0 aromatic carbocycles. The fourth-order valence-corrected chi connectivity index (χ4v) is 0.696. The van der Waals surface area contributed by atoms with Gasteiger partial charge in [0.15, 0.2) is 5.11 Å². The van der Waals surface area contributed by atoms with E-state index >= 15 is 0 Å². The third-order valence-corrected chi connectivity index (χ3v) is 1.91. The van der Waals surface area contributed by atoms with Gasteiger partial charge in [-0.3, -0.25) is 0 Å². The summed E-state index contributed by atoms with van der Waals surface area (Å²) in [4.78, 5) is 0. The summed E-state index contributed by atoms with van der Waals surface area (Å²) in [5, 5.41) is 40.7. The summed E-state index contributed by atoms with van der Waals surface area (Å²) in [5.41, 5.74) is 5.19. The highest BCUT2D eigenvalue weighted by atomic mass is 32.1. The molecule has 0 aromatic rings. The lowest BCUT2D eigenvalue weighted by Crippen LogP contribution is -2.41. The van der Waals surface area contributed by atoms with Gasteiger partial charge >= 0.3 is 0 Å². The maximum absolute atomic E-state index is 9.27. The van der Waals surface area contributed by atoms with Gasteiger partial charge in [-0.2, -0.15) is 5.10 Å². The smallest absolute Gasteiger partial charge is 0.186 e. The normalized spacial score (nSPS) is 17.4. The molecule has 0 fully saturated rings. The summed E-state index contributed by atoms with van der Waals surface area (Å²) < 4.78 is 0. The van der Waals surface area contributed by atoms with Gasteiger partial charge in [0.2, 0.25) is 0 Å². The number of aliphatic hydroxyl groups is 4. The van der Waals surface area contributed by atoms with E-state index in [1.807, 2.05) is 0 Å². The molecule has 3 atom stereocenters. The molecule has 0 spiro atoms. The molecule has 0 aliphatic carbocycles. The average Bonchev–Trinajstić information content (AvgIpc) is 2.22. The van der Waals surface area contributed by atoms with Crippen molar-refractivity contribution in [3.05, 3.63) is 0 Å². The molecule has 0 unspecified atom stereocenters. The molecule has 0 rings (SSSR count). The zero-order valence-corrected chi connectivity index (χ0v) is 9.00. The summed E-state index contributed by atoms with van der Waals surface area (Å²) in [6, 6.07) is 0. The number of hydrogen-bond acceptors (Lipinski definition) is 6. The molecule has 8 heteroatoms. The molecule has 0 aromatic heterocycles. The van der Waals surface area contributed by atoms with Gasteiger partial charge in [0.25, 0.3) is 0 Å². The van der Waals surface area contributed by atoms with E-state index in [9.17, 15) is 10.2 Å². The van der Waals surface area contributed by atoms with Crippen molar-refractivity contribution >= 4 is 23.5 Å². The number of nitrogens with zero attached hydrogens (tertiary/aromatic N) is 2. The quantitative estimate of drug-likeness (QED) is 0.199. The Labute approximate surface area is 92.4 Å². The minimum absolute atomic E-state index is 0.00403. The van der Waals surface area contributed by atoms with E-state index in [1.54, 1.807) is 0 Å². The highest BCUT2D eigenvalue weighted by molar-refractivity contribution is 7.80. The third-order valence-electron chi connectivity index (χ3n) is 1.64. The van der Waals surface area contributed by atoms with Gasteiger partial charge in [-0.05, 0) is 12.2 Å². The van der Waals surface area contributed by atoms with Crippen molar-refractivity contribution < 1.29 is 20.4 Å². The predicted molar refractivity (Wildman–Crippen MR) is 58.1 cm³/mol. The molecule has 88 valence electrons. The molecule has 0 aliphatic rings. The van der Waals surface area contributed by atoms with E-state index in [4.69, 9.17) is 15.9 Å². The largest absolute Gasteiger partial charge is 0.394 e. The standard InChI is InChI=1S/C7H15N3O4S/c1-10(7(8)15)9-2-4(12)6(14)5(13)3-11/h2,4-6,11-14H,3H2,1H3,(H2,8,15)/b9-2-/t4-,5+,6-/m0/s1. The topological polar surface area (TPSA) is 123 Å². The Morgan fingerprint density at radius 2 is 2.07 bits per heavy atom. The van der Waals surface area contributed by atoms with Gasteiger partial charge in [0, 0.05) is 7.05 Å². The second kappa shape index (κ2) is 6.64. The van der Waals surface area contributed by atoms with Crippen LogP contribution in [0.25, 0.3) is 0 Å². The molecule has 7 nitrogen and oxygen atoms in total. The first-order valence-corrected chi connectivity index (χ1v) is 4.53. The summed E-state index contributed by atoms with van der Waals surface area (Å²) in [6.45, 7) is -0.656. The highest BCUT2D eigenvalue weighted by Gasteiger charge is 2.22. The second-order valence-electron chi connectivity index (χ2n) is 2.86. The molecular formula is C7H15N3O4S. The lowest BCUT2D eigenvalue weighted by molar-refractivity contribution is -0.0543. The first-order chi connectivity index (χ1) is 6.90. The molecule has 15 heavy (non-hydrogen) atoms. The van der Waals surface area contributed by atoms with Crippen LogP contribution in [0, 0.1) is 0 Å². The summed E-state index contributed by atoms with van der Waals surface area (Å²) in [6.07, 6.45) is -3.40. The van der Waals surface area contributed by atoms with Crippen LogP contribution in [0.2, 0.25) is 0 Å². The van der Waals surface area contributed by atoms with Crippen molar-refractivity contribution in [2.75, 3.05) is 13.7 Å². The summed E-state index contributed by atoms with van der Waals surface area (Å²) >= 11 is 4.57. The van der Waals surface area contributed by atoms with E-state index in [0.29, 0.717) is 0 Å². The van der Waals surface area contributed by atoms with E-state index in [1.165, 1.54) is 7.05 Å². The first-order valence-electron chi connectivity index (χ1n) is 4.12. The third kappa shape index (κ3) is 5.00. The van der Waals surface area contributed by atoms with Crippen molar-refractivity contribution in [2.24, 2.45) is 10.8 Å². The van der Waals surface area contributed by atoms with Crippen molar-refractivity contribution in [1.29, 1.82) is 0 Å². The average molecular weight is 237 g/mol. The van der Waals surface area contributed by atoms with Crippen molar-refractivity contribution in [2.45, 2.75) is 18.3 Å². The van der Waals surface area contributed by atoms with Crippen LogP contribution in [0.5, 0.6) is 0 Å². The first kappa shape index (κ1) is 14.2. The van der Waals surface area contributed by atoms with Gasteiger partial charge in [0.1, 0.15) is 18.3 Å². The van der Waals surface area contributed by atoms with Crippen LogP contribution in [-0.4, -0.2) is 68.7 Å². The molecule has 0 bridgehead atoms. The minimum atomic E-state index is -1.52. The molecular weight excluding hydrogens is 222 g/mol. The van der Waals surface area contributed by atoms with Gasteiger partial charge in [-0.15, -0.1) is 0 Å². The molecule has 0 heterocycles. The molecule has 0 saturated heterocycles. The van der Waals surface area contributed by atoms with Gasteiger partial charge in [0.05, 0.1) is 12.8 Å². The Kier molecular flexibility index (Phi) is 6.29. The molecule has 6 N–H and O–H groups in total. The highest BCUT2D eigenvalue weighted by Crippen LogP contribution is 1.98. The monoisotopic (exact) mass is 237 g/mol. The zero-order valence-electron chi connectivity index (χ0n) is 8.19. The Bertz CT molecular complexity index is 238. The van der Waals surface area contributed by atoms with Crippen molar-refractivity contribution in [3.63, 3.8) is 0 Å². The Balaban J connectivity index is 4.23. The number of hydrazone groups is 1. The van der Waals surface area contributed by atoms with E-state index < -0.39 is 24.9 Å². The maximum Gasteiger partial charge on any atom is 0.186 e. The summed E-state index contributed by atoms with van der Waals surface area (Å²) in [7, 11) is 1.46. The number of hydrogen-bond donors (Lipinski definition) is 5. The fourth-order valence-electron chi connectivity index (χ4n) is 0.649. The lowest BCUT2D eigenvalue weighted by Gasteiger charge is -2.19. The van der Waals surface area contributed by atoms with Crippen LogP contribution in [0.15, 0.2) is 5.10 Å². The second-order valence-corrected chi connectivity index (χ2v) is 3.28. The number of aliphatic hydroxyl groups excluding tert-OH is 4. The number of nitrogens with two attached hydrogens (primary N) is 1.